The van der Waals surface area contributed by atoms with Gasteiger partial charge >= 0.3 is 0 Å². The van der Waals surface area contributed by atoms with Crippen LogP contribution in [0.15, 0.2) is 11.6 Å². The lowest BCUT2D eigenvalue weighted by Gasteiger charge is -2.56. The van der Waals surface area contributed by atoms with Crippen LogP contribution in [0, 0.1) is 52.3 Å². The zero-order chi connectivity index (χ0) is 21.7. The fourth-order valence-electron chi connectivity index (χ4n) is 9.08. The summed E-state index contributed by atoms with van der Waals surface area (Å²) in [4.78, 5) is 13.2. The van der Waals surface area contributed by atoms with E-state index < -0.39 is 0 Å². The average molecular weight is 413 g/mol. The van der Waals surface area contributed by atoms with E-state index in [-0.39, 0.29) is 5.41 Å². The summed E-state index contributed by atoms with van der Waals surface area (Å²) >= 11 is 0. The van der Waals surface area contributed by atoms with Crippen molar-refractivity contribution in [1.29, 1.82) is 0 Å². The molecule has 0 heterocycles. The fourth-order valence-corrected chi connectivity index (χ4v) is 9.08. The van der Waals surface area contributed by atoms with E-state index in [1.165, 1.54) is 64.2 Å². The van der Waals surface area contributed by atoms with Crippen LogP contribution in [-0.2, 0) is 4.79 Å². The first-order chi connectivity index (χ1) is 14.2. The van der Waals surface area contributed by atoms with Crippen LogP contribution in [0.3, 0.4) is 0 Å². The van der Waals surface area contributed by atoms with Gasteiger partial charge < -0.3 is 0 Å². The fraction of sp³-hybridized carbons (Fsp3) is 0.897. The first-order valence-corrected chi connectivity index (χ1v) is 13.5. The van der Waals surface area contributed by atoms with E-state index in [9.17, 15) is 4.79 Å². The van der Waals surface area contributed by atoms with Crippen molar-refractivity contribution in [1.82, 2.24) is 0 Å². The van der Waals surface area contributed by atoms with Gasteiger partial charge in [0.15, 0.2) is 5.78 Å². The zero-order valence-corrected chi connectivity index (χ0v) is 20.8. The second-order valence-electron chi connectivity index (χ2n) is 12.7. The number of hydrogen-bond donors (Lipinski definition) is 0. The van der Waals surface area contributed by atoms with Gasteiger partial charge in [-0.25, -0.2) is 0 Å². The van der Waals surface area contributed by atoms with Crippen LogP contribution >= 0.6 is 0 Å². The number of carbonyl (C=O) groups is 1. The summed E-state index contributed by atoms with van der Waals surface area (Å²) in [6.07, 6.45) is 16.8. The summed E-state index contributed by atoms with van der Waals surface area (Å²) < 4.78 is 0. The Balaban J connectivity index is 1.52. The van der Waals surface area contributed by atoms with E-state index in [0.717, 1.165) is 30.1 Å². The van der Waals surface area contributed by atoms with E-state index in [4.69, 9.17) is 0 Å². The minimum atomic E-state index is 0.260. The van der Waals surface area contributed by atoms with Crippen molar-refractivity contribution in [3.63, 3.8) is 0 Å². The smallest absolute Gasteiger partial charge is 0.159 e. The van der Waals surface area contributed by atoms with Crippen LogP contribution in [0.2, 0.25) is 0 Å². The molecule has 0 aromatic carbocycles. The van der Waals surface area contributed by atoms with Crippen molar-refractivity contribution in [2.24, 2.45) is 52.3 Å². The molecule has 1 nitrogen and oxygen atoms in total. The van der Waals surface area contributed by atoms with E-state index >= 15 is 0 Å². The quantitative estimate of drug-likeness (QED) is 0.429. The van der Waals surface area contributed by atoms with E-state index in [1.54, 1.807) is 5.57 Å². The minimum absolute atomic E-state index is 0.260. The first kappa shape index (κ1) is 22.6. The molecule has 0 saturated heterocycles. The third-order valence-corrected chi connectivity index (χ3v) is 11.0. The van der Waals surface area contributed by atoms with Crippen LogP contribution in [0.5, 0.6) is 0 Å². The molecule has 3 fully saturated rings. The third kappa shape index (κ3) is 3.55. The SMILES string of the molecule is CC[C@H](CC[C@@H](C)[C@H]1CC[C@H]2C3=CC(=O)C4CCCC[C@]4(C)[C@H]3CC[C@]12C)C(C)C. The van der Waals surface area contributed by atoms with Gasteiger partial charge in [-0.15, -0.1) is 0 Å². The van der Waals surface area contributed by atoms with Gasteiger partial charge in [-0.05, 0) is 97.4 Å². The molecule has 0 amide bonds. The molecule has 4 aliphatic carbocycles. The van der Waals surface area contributed by atoms with Crippen molar-refractivity contribution in [3.8, 4) is 0 Å². The number of allylic oxidation sites excluding steroid dienone is 2. The second kappa shape index (κ2) is 8.40. The third-order valence-electron chi connectivity index (χ3n) is 11.0. The number of ketones is 1. The molecule has 8 atom stereocenters. The highest BCUT2D eigenvalue weighted by Crippen LogP contribution is 2.66. The Kier molecular flexibility index (Phi) is 6.33. The zero-order valence-electron chi connectivity index (χ0n) is 20.8. The van der Waals surface area contributed by atoms with Crippen LogP contribution < -0.4 is 0 Å². The van der Waals surface area contributed by atoms with Gasteiger partial charge in [-0.2, -0.15) is 0 Å². The van der Waals surface area contributed by atoms with Gasteiger partial charge in [0, 0.05) is 5.92 Å². The summed E-state index contributed by atoms with van der Waals surface area (Å²) in [7, 11) is 0. The normalized spacial score (nSPS) is 42.9. The Hall–Kier alpha value is -0.590. The lowest BCUT2D eigenvalue weighted by Crippen LogP contribution is -2.51. The molecular weight excluding hydrogens is 364 g/mol. The Morgan fingerprint density at radius 1 is 0.900 bits per heavy atom. The maximum atomic E-state index is 13.2. The van der Waals surface area contributed by atoms with Crippen LogP contribution in [-0.4, -0.2) is 5.78 Å². The van der Waals surface area contributed by atoms with E-state index in [1.807, 2.05) is 0 Å². The van der Waals surface area contributed by atoms with Gasteiger partial charge in [0.1, 0.15) is 0 Å². The van der Waals surface area contributed by atoms with E-state index in [2.05, 4.69) is 47.6 Å². The molecule has 0 aromatic heterocycles. The van der Waals surface area contributed by atoms with Crippen molar-refractivity contribution in [3.05, 3.63) is 11.6 Å². The molecule has 0 aliphatic heterocycles. The van der Waals surface area contributed by atoms with E-state index in [0.29, 0.717) is 29.0 Å². The highest BCUT2D eigenvalue weighted by molar-refractivity contribution is 5.94. The maximum Gasteiger partial charge on any atom is 0.159 e. The molecule has 1 heteroatoms. The van der Waals surface area contributed by atoms with Gasteiger partial charge in [-0.3, -0.25) is 4.79 Å². The molecular formula is C29H48O. The van der Waals surface area contributed by atoms with Crippen LogP contribution in [0.4, 0.5) is 0 Å². The second-order valence-corrected chi connectivity index (χ2v) is 12.7. The molecule has 0 bridgehead atoms. The lowest BCUT2D eigenvalue weighted by molar-refractivity contribution is -0.128. The molecule has 0 aromatic rings. The van der Waals surface area contributed by atoms with Crippen molar-refractivity contribution in [2.45, 2.75) is 112 Å². The molecule has 30 heavy (non-hydrogen) atoms. The van der Waals surface area contributed by atoms with Crippen molar-refractivity contribution >= 4 is 5.78 Å². The minimum Gasteiger partial charge on any atom is -0.295 e. The van der Waals surface area contributed by atoms with Gasteiger partial charge in [0.05, 0.1) is 0 Å². The Morgan fingerprint density at radius 2 is 1.63 bits per heavy atom. The Labute approximate surface area is 186 Å². The standard InChI is InChI=1S/C29H48O/c1-7-21(19(2)3)12-11-20(4)23-13-14-24-22-18-27(30)26-10-8-9-16-28(26,5)25(22)15-17-29(23,24)6/h18-21,23-26H,7-17H2,1-6H3/t20-,21-,23-,24+,25+,26?,28-,29-/m1/s1. The Bertz CT molecular complexity index is 674. The maximum absolute atomic E-state index is 13.2. The molecule has 170 valence electrons. The highest BCUT2D eigenvalue weighted by Gasteiger charge is 2.59. The number of hydrogen-bond acceptors (Lipinski definition) is 1. The number of carbonyl (C=O) groups excluding carboxylic acids is 1. The van der Waals surface area contributed by atoms with Gasteiger partial charge in [0.2, 0.25) is 0 Å². The Morgan fingerprint density at radius 3 is 2.33 bits per heavy atom. The monoisotopic (exact) mass is 412 g/mol. The molecule has 0 spiro atoms. The summed E-state index contributed by atoms with van der Waals surface area (Å²) in [6, 6.07) is 0. The summed E-state index contributed by atoms with van der Waals surface area (Å²) in [5.41, 5.74) is 2.30. The summed E-state index contributed by atoms with van der Waals surface area (Å²) in [5, 5.41) is 0. The predicted molar refractivity (Wildman–Crippen MR) is 127 cm³/mol. The molecule has 4 rings (SSSR count). The van der Waals surface area contributed by atoms with Gasteiger partial charge in [0.25, 0.3) is 0 Å². The van der Waals surface area contributed by atoms with Crippen LogP contribution in [0.1, 0.15) is 112 Å². The van der Waals surface area contributed by atoms with Crippen LogP contribution in [0.25, 0.3) is 0 Å². The molecule has 4 aliphatic rings. The first-order valence-electron chi connectivity index (χ1n) is 13.5. The molecule has 0 N–H and O–H groups in total. The average Bonchev–Trinajstić information content (AvgIpc) is 3.05. The summed E-state index contributed by atoms with van der Waals surface area (Å²) in [6.45, 7) is 14.8. The van der Waals surface area contributed by atoms with Gasteiger partial charge in [-0.1, -0.05) is 72.8 Å². The van der Waals surface area contributed by atoms with Crippen molar-refractivity contribution < 1.29 is 4.79 Å². The van der Waals surface area contributed by atoms with Crippen molar-refractivity contribution in [2.75, 3.05) is 0 Å². The molecule has 1 unspecified atom stereocenters. The largest absolute Gasteiger partial charge is 0.295 e. The lowest BCUT2D eigenvalue weighted by atomic mass is 9.47. The predicted octanol–water partition coefficient (Wildman–Crippen LogP) is 8.23. The number of rotatable bonds is 6. The number of fused-ring (bicyclic) bond motifs is 5. The molecule has 3 saturated carbocycles. The topological polar surface area (TPSA) is 17.1 Å². The highest BCUT2D eigenvalue weighted by atomic mass is 16.1. The summed E-state index contributed by atoms with van der Waals surface area (Å²) in [5.74, 6) is 5.55. The molecule has 0 radical (unpaired) electrons.